The molecule has 0 amide bonds. The Morgan fingerprint density at radius 1 is 0.689 bits per heavy atom. The van der Waals surface area contributed by atoms with Gasteiger partial charge in [0, 0.05) is 23.5 Å². The number of allylic oxidation sites excluding steroid dienone is 6. The zero-order valence-corrected chi connectivity index (χ0v) is 25.9. The van der Waals surface area contributed by atoms with Crippen LogP contribution >= 0.6 is 0 Å². The Hall–Kier alpha value is -5.40. The summed E-state index contributed by atoms with van der Waals surface area (Å²) in [5.41, 5.74) is 7.22. The lowest BCUT2D eigenvalue weighted by Crippen LogP contribution is -2.13. The van der Waals surface area contributed by atoms with Crippen LogP contribution in [0.5, 0.6) is 0 Å². The van der Waals surface area contributed by atoms with E-state index in [4.69, 9.17) is 0 Å². The number of nitrogens with zero attached hydrogens (tertiary/aromatic N) is 1. The van der Waals surface area contributed by atoms with Crippen molar-refractivity contribution in [1.82, 2.24) is 0 Å². The normalized spacial score (nSPS) is 12.7. The molecular weight excluding hydrogens is 542 g/mol. The van der Waals surface area contributed by atoms with E-state index < -0.39 is 0 Å². The smallest absolute Gasteiger partial charge is 0.0451 e. The van der Waals surface area contributed by atoms with E-state index >= 15 is 0 Å². The minimum atomic E-state index is 0.189. The van der Waals surface area contributed by atoms with Gasteiger partial charge in [0.2, 0.25) is 0 Å². The molecule has 1 atom stereocenters. The van der Waals surface area contributed by atoms with Gasteiger partial charge in [-0.2, -0.15) is 0 Å². The lowest BCUT2D eigenvalue weighted by molar-refractivity contribution is 0.871. The first-order chi connectivity index (χ1) is 22.2. The Kier molecular flexibility index (Phi) is 9.48. The predicted octanol–water partition coefficient (Wildman–Crippen LogP) is 11.9. The van der Waals surface area contributed by atoms with E-state index in [0.717, 1.165) is 29.8 Å². The zero-order valence-electron chi connectivity index (χ0n) is 25.9. The van der Waals surface area contributed by atoms with Crippen molar-refractivity contribution >= 4 is 32.8 Å². The lowest BCUT2D eigenvalue weighted by atomic mass is 9.89. The van der Waals surface area contributed by atoms with Gasteiger partial charge in [0.15, 0.2) is 0 Å². The lowest BCUT2D eigenvalue weighted by Gasteiger charge is -2.23. The minimum Gasteiger partial charge on any atom is -0.322 e. The molecule has 0 aliphatic rings. The largest absolute Gasteiger partial charge is 0.322 e. The third-order valence-electron chi connectivity index (χ3n) is 8.42. The molecule has 0 aromatic heterocycles. The van der Waals surface area contributed by atoms with Crippen LogP contribution < -0.4 is 4.90 Å². The van der Waals surface area contributed by atoms with Gasteiger partial charge in [0.05, 0.1) is 0 Å². The molecule has 0 spiro atoms. The third-order valence-corrected chi connectivity index (χ3v) is 8.42. The number of hydrogen-bond donors (Lipinski definition) is 0. The quantitative estimate of drug-likeness (QED) is 0.109. The Balaban J connectivity index is 1.26. The van der Waals surface area contributed by atoms with Crippen molar-refractivity contribution in [1.29, 1.82) is 0 Å². The van der Waals surface area contributed by atoms with Gasteiger partial charge >= 0.3 is 0 Å². The first-order valence-corrected chi connectivity index (χ1v) is 15.7. The van der Waals surface area contributed by atoms with Gasteiger partial charge in [-0.15, -0.1) is 0 Å². The van der Waals surface area contributed by atoms with Crippen molar-refractivity contribution in [3.05, 3.63) is 205 Å². The highest BCUT2D eigenvalue weighted by molar-refractivity contribution is 6.09. The molecule has 0 bridgehead atoms. The van der Waals surface area contributed by atoms with Crippen molar-refractivity contribution < 1.29 is 0 Å². The number of rotatable bonds is 11. The summed E-state index contributed by atoms with van der Waals surface area (Å²) >= 11 is 0. The van der Waals surface area contributed by atoms with Crippen LogP contribution in [0.15, 0.2) is 188 Å². The first-order valence-electron chi connectivity index (χ1n) is 15.7. The van der Waals surface area contributed by atoms with Gasteiger partial charge in [-0.25, -0.2) is 0 Å². The Morgan fingerprint density at radius 2 is 1.29 bits per heavy atom. The Bertz CT molecular complexity index is 1960. The number of hydrogen-bond acceptors (Lipinski definition) is 1. The molecule has 0 N–H and O–H groups in total. The molecule has 0 fully saturated rings. The molecule has 6 aromatic rings. The summed E-state index contributed by atoms with van der Waals surface area (Å²) in [6, 6.07) is 51.5. The van der Waals surface area contributed by atoms with Crippen molar-refractivity contribution in [3.8, 4) is 0 Å². The Labute approximate surface area is 267 Å². The minimum absolute atomic E-state index is 0.189. The number of benzene rings is 6. The molecule has 0 heterocycles. The maximum absolute atomic E-state index is 4.45. The molecule has 1 nitrogen and oxygen atoms in total. The van der Waals surface area contributed by atoms with Crippen LogP contribution in [0.2, 0.25) is 0 Å². The molecule has 6 rings (SSSR count). The summed E-state index contributed by atoms with van der Waals surface area (Å²) in [4.78, 5) is 2.27. The van der Waals surface area contributed by atoms with Crippen molar-refractivity contribution in [2.24, 2.45) is 0 Å². The van der Waals surface area contributed by atoms with E-state index in [0.29, 0.717) is 0 Å². The van der Waals surface area contributed by atoms with Gasteiger partial charge < -0.3 is 4.90 Å². The van der Waals surface area contributed by atoms with Crippen LogP contribution in [-0.4, -0.2) is 0 Å². The van der Waals surface area contributed by atoms with Gasteiger partial charge in [-0.1, -0.05) is 158 Å². The predicted molar refractivity (Wildman–Crippen MR) is 195 cm³/mol. The molecule has 45 heavy (non-hydrogen) atoms. The van der Waals surface area contributed by atoms with Crippen LogP contribution in [0, 0.1) is 0 Å². The summed E-state index contributed by atoms with van der Waals surface area (Å²) in [5, 5.41) is 5.23. The van der Waals surface area contributed by atoms with Gasteiger partial charge in [-0.3, -0.25) is 0 Å². The maximum Gasteiger partial charge on any atom is 0.0451 e. The highest BCUT2D eigenvalue weighted by atomic mass is 15.1. The zero-order chi connectivity index (χ0) is 30.8. The van der Waals surface area contributed by atoms with Gasteiger partial charge in [-0.05, 0) is 81.8 Å². The van der Waals surface area contributed by atoms with E-state index in [1.54, 1.807) is 0 Å². The molecule has 6 aromatic carbocycles. The van der Waals surface area contributed by atoms with Gasteiger partial charge in [0.25, 0.3) is 0 Å². The van der Waals surface area contributed by atoms with Crippen LogP contribution in [0.1, 0.15) is 36.0 Å². The monoisotopic (exact) mass is 581 g/mol. The summed E-state index contributed by atoms with van der Waals surface area (Å²) in [6.45, 7) is 6.63. The second kappa shape index (κ2) is 14.4. The number of para-hydroxylation sites is 1. The van der Waals surface area contributed by atoms with Crippen molar-refractivity contribution in [2.45, 2.75) is 25.7 Å². The molecule has 0 aliphatic heterocycles. The summed E-state index contributed by atoms with van der Waals surface area (Å²) in [6.07, 6.45) is 12.9. The molecule has 0 aliphatic carbocycles. The Morgan fingerprint density at radius 3 is 2.02 bits per heavy atom. The highest BCUT2D eigenvalue weighted by Crippen LogP contribution is 2.31. The van der Waals surface area contributed by atoms with E-state index in [9.17, 15) is 0 Å². The van der Waals surface area contributed by atoms with Crippen LogP contribution in [-0.2, 0) is 6.42 Å². The third kappa shape index (κ3) is 7.22. The van der Waals surface area contributed by atoms with E-state index in [1.165, 1.54) is 38.2 Å². The average molecular weight is 582 g/mol. The molecule has 1 unspecified atom stereocenters. The second-order valence-electron chi connectivity index (χ2n) is 11.5. The van der Waals surface area contributed by atoms with Crippen LogP contribution in [0.25, 0.3) is 27.1 Å². The molecular formula is C44H39N. The SMILES string of the molecule is C=C(CC(/C=C/N(/C(C)=C/C=C\Cc1cc2ccccc2c2ccccc12)c1ccccc1)c1ccccc1)c1ccccc1. The van der Waals surface area contributed by atoms with Crippen molar-refractivity contribution in [3.63, 3.8) is 0 Å². The molecule has 0 saturated heterocycles. The fourth-order valence-corrected chi connectivity index (χ4v) is 6.02. The summed E-state index contributed by atoms with van der Waals surface area (Å²) in [5.74, 6) is 0.189. The standard InChI is InChI=1S/C44H39N/c1-34(36-19-6-3-7-20-36)32-38(37-21-8-4-9-22-37)30-31-45(41-25-10-5-11-26-41)35(2)18-12-13-23-39-33-40-24-14-15-27-42(40)44-29-17-16-28-43(39)44/h3-22,24-31,33,38H,1,23,32H2,2H3/b13-12-,31-30+,35-18+. The van der Waals surface area contributed by atoms with Crippen molar-refractivity contribution in [2.75, 3.05) is 4.90 Å². The molecule has 0 saturated carbocycles. The fraction of sp³-hybridized carbons (Fsp3) is 0.0909. The van der Waals surface area contributed by atoms with Gasteiger partial charge in [0.1, 0.15) is 0 Å². The van der Waals surface area contributed by atoms with E-state index in [-0.39, 0.29) is 5.92 Å². The number of fused-ring (bicyclic) bond motifs is 3. The molecule has 220 valence electrons. The summed E-state index contributed by atoms with van der Waals surface area (Å²) in [7, 11) is 0. The fourth-order valence-electron chi connectivity index (χ4n) is 6.02. The topological polar surface area (TPSA) is 3.24 Å². The van der Waals surface area contributed by atoms with Crippen LogP contribution in [0.4, 0.5) is 5.69 Å². The maximum atomic E-state index is 4.45. The highest BCUT2D eigenvalue weighted by Gasteiger charge is 2.13. The average Bonchev–Trinajstić information content (AvgIpc) is 3.11. The number of anilines is 1. The molecule has 1 heteroatoms. The second-order valence-corrected chi connectivity index (χ2v) is 11.5. The van der Waals surface area contributed by atoms with Crippen LogP contribution in [0.3, 0.4) is 0 Å². The summed E-state index contributed by atoms with van der Waals surface area (Å²) < 4.78 is 0. The van der Waals surface area contributed by atoms with E-state index in [2.05, 4.69) is 194 Å². The first kappa shape index (κ1) is 29.7. The molecule has 0 radical (unpaired) electrons. The van der Waals surface area contributed by atoms with E-state index in [1.807, 2.05) is 0 Å².